The number of benzene rings is 1. The molecule has 3 rings (SSSR count). The summed E-state index contributed by atoms with van der Waals surface area (Å²) < 4.78 is 10.8. The van der Waals surface area contributed by atoms with Crippen LogP contribution in [-0.2, 0) is 10.3 Å². The lowest BCUT2D eigenvalue weighted by Gasteiger charge is -2.24. The molecule has 1 aromatic rings. The van der Waals surface area contributed by atoms with Gasteiger partial charge in [-0.15, -0.1) is 0 Å². The molecule has 0 N–H and O–H groups in total. The second kappa shape index (κ2) is 4.93. The Bertz CT molecular complexity index is 616. The van der Waals surface area contributed by atoms with Gasteiger partial charge < -0.3 is 9.47 Å². The molecule has 20 heavy (non-hydrogen) atoms. The third-order valence-electron chi connectivity index (χ3n) is 3.94. The van der Waals surface area contributed by atoms with Gasteiger partial charge in [-0.1, -0.05) is 24.4 Å². The van der Waals surface area contributed by atoms with E-state index in [2.05, 4.69) is 4.99 Å². The minimum atomic E-state index is -0.662. The average Bonchev–Trinajstić information content (AvgIpc) is 3.08. The molecule has 1 fully saturated rings. The summed E-state index contributed by atoms with van der Waals surface area (Å²) in [6, 6.07) is 1.66. The van der Waals surface area contributed by atoms with Crippen LogP contribution in [0.5, 0.6) is 11.5 Å². The van der Waals surface area contributed by atoms with Gasteiger partial charge in [-0.2, -0.15) is 4.99 Å². The largest absolute Gasteiger partial charge is 0.453 e. The maximum atomic E-state index is 11.1. The third kappa shape index (κ3) is 1.82. The number of fused-ring (bicyclic) bond motifs is 1. The van der Waals surface area contributed by atoms with Gasteiger partial charge >= 0.3 is 0 Å². The summed E-state index contributed by atoms with van der Waals surface area (Å²) >= 11 is 6.15. The number of hydrogen-bond acceptors (Lipinski definition) is 5. The van der Waals surface area contributed by atoms with Crippen LogP contribution in [0.2, 0.25) is 5.02 Å². The Morgan fingerprint density at radius 1 is 1.30 bits per heavy atom. The van der Waals surface area contributed by atoms with E-state index in [0.717, 1.165) is 25.7 Å². The topological polar surface area (TPSA) is 65.0 Å². The number of carbonyl (C=O) groups excluding carboxylic acids is 2. The van der Waals surface area contributed by atoms with Gasteiger partial charge in [0.05, 0.1) is 10.6 Å². The molecule has 0 bridgehead atoms. The molecule has 6 heteroatoms. The number of nitrogens with zero attached hydrogens (tertiary/aromatic N) is 1. The number of hydrogen-bond donors (Lipinski definition) is 0. The molecule has 5 nitrogen and oxygen atoms in total. The molecule has 0 atom stereocenters. The number of carbonyl (C=O) groups is 1. The fraction of sp³-hybridized carbons (Fsp3) is 0.429. The zero-order chi connectivity index (χ0) is 14.2. The van der Waals surface area contributed by atoms with Crippen LogP contribution in [0.1, 0.15) is 41.6 Å². The standard InChI is InChI=1S/C14H12ClNO4/c15-11-5-10(14(16-7-18)3-1-2-4-14)13-12(9(11)6-17)19-8-20-13/h5-6H,1-4,8H2. The van der Waals surface area contributed by atoms with Crippen molar-refractivity contribution in [2.45, 2.75) is 31.2 Å². The fourth-order valence-corrected chi connectivity index (χ4v) is 3.24. The Morgan fingerprint density at radius 2 is 2.00 bits per heavy atom. The van der Waals surface area contributed by atoms with Crippen molar-refractivity contribution >= 4 is 24.0 Å². The first-order valence-corrected chi connectivity index (χ1v) is 6.76. The highest BCUT2D eigenvalue weighted by atomic mass is 35.5. The smallest absolute Gasteiger partial charge is 0.235 e. The van der Waals surface area contributed by atoms with Crippen LogP contribution in [0.3, 0.4) is 0 Å². The molecule has 104 valence electrons. The number of aliphatic imine (C=N–C) groups is 1. The molecule has 1 aliphatic heterocycles. The van der Waals surface area contributed by atoms with E-state index < -0.39 is 5.54 Å². The lowest BCUT2D eigenvalue weighted by Crippen LogP contribution is -2.20. The SMILES string of the molecule is O=C=NC1(c2cc(Cl)c(C=O)c3c2OCO3)CCCC1. The van der Waals surface area contributed by atoms with Gasteiger partial charge in [0, 0.05) is 5.56 Å². The summed E-state index contributed by atoms with van der Waals surface area (Å²) in [5.74, 6) is 0.812. The highest BCUT2D eigenvalue weighted by Gasteiger charge is 2.41. The van der Waals surface area contributed by atoms with E-state index in [9.17, 15) is 9.59 Å². The summed E-state index contributed by atoms with van der Waals surface area (Å²) in [6.45, 7) is 0.0321. The van der Waals surface area contributed by atoms with E-state index in [1.54, 1.807) is 12.1 Å². The van der Waals surface area contributed by atoms with Crippen LogP contribution in [0.25, 0.3) is 0 Å². The predicted molar refractivity (Wildman–Crippen MR) is 71.2 cm³/mol. The van der Waals surface area contributed by atoms with Crippen molar-refractivity contribution in [3.05, 3.63) is 22.2 Å². The summed E-state index contributed by atoms with van der Waals surface area (Å²) in [5, 5.41) is 0.284. The minimum absolute atomic E-state index is 0.0321. The number of ether oxygens (including phenoxy) is 2. The molecular formula is C14H12ClNO4. The number of halogens is 1. The van der Waals surface area contributed by atoms with Gasteiger partial charge in [-0.25, -0.2) is 4.79 Å². The van der Waals surface area contributed by atoms with Gasteiger partial charge in [0.15, 0.2) is 17.8 Å². The van der Waals surface area contributed by atoms with E-state index in [-0.39, 0.29) is 17.4 Å². The highest BCUT2D eigenvalue weighted by molar-refractivity contribution is 6.33. The molecule has 1 aliphatic carbocycles. The molecule has 0 radical (unpaired) electrons. The third-order valence-corrected chi connectivity index (χ3v) is 4.25. The summed E-state index contributed by atoms with van der Waals surface area (Å²) in [7, 11) is 0. The van der Waals surface area contributed by atoms with E-state index >= 15 is 0 Å². The Morgan fingerprint density at radius 3 is 2.65 bits per heavy atom. The van der Waals surface area contributed by atoms with Crippen LogP contribution in [0, 0.1) is 0 Å². The Balaban J connectivity index is 2.24. The number of isocyanates is 1. The molecule has 0 aromatic heterocycles. The van der Waals surface area contributed by atoms with Crippen LogP contribution in [0.4, 0.5) is 0 Å². The Kier molecular flexibility index (Phi) is 3.24. The van der Waals surface area contributed by atoms with E-state index in [4.69, 9.17) is 21.1 Å². The molecular weight excluding hydrogens is 282 g/mol. The Hall–Kier alpha value is -1.84. The zero-order valence-electron chi connectivity index (χ0n) is 10.6. The summed E-state index contributed by atoms with van der Waals surface area (Å²) in [4.78, 5) is 25.9. The lowest BCUT2D eigenvalue weighted by molar-refractivity contribution is 0.111. The van der Waals surface area contributed by atoms with Crippen molar-refractivity contribution in [1.29, 1.82) is 0 Å². The van der Waals surface area contributed by atoms with E-state index in [1.165, 1.54) is 0 Å². The number of aldehydes is 1. The van der Waals surface area contributed by atoms with Crippen molar-refractivity contribution < 1.29 is 19.1 Å². The van der Waals surface area contributed by atoms with Gasteiger partial charge in [0.2, 0.25) is 12.9 Å². The molecule has 1 heterocycles. The Labute approximate surface area is 120 Å². The maximum Gasteiger partial charge on any atom is 0.235 e. The first kappa shape index (κ1) is 13.2. The van der Waals surface area contributed by atoms with Crippen molar-refractivity contribution in [3.63, 3.8) is 0 Å². The van der Waals surface area contributed by atoms with Crippen LogP contribution < -0.4 is 9.47 Å². The fourth-order valence-electron chi connectivity index (χ4n) is 3.00. The van der Waals surface area contributed by atoms with E-state index in [0.29, 0.717) is 23.3 Å². The summed E-state index contributed by atoms with van der Waals surface area (Å²) in [5.41, 5.74) is 0.317. The second-order valence-electron chi connectivity index (χ2n) is 4.94. The van der Waals surface area contributed by atoms with Crippen molar-refractivity contribution in [3.8, 4) is 11.5 Å². The average molecular weight is 294 g/mol. The number of rotatable bonds is 3. The van der Waals surface area contributed by atoms with Crippen LogP contribution in [-0.4, -0.2) is 19.2 Å². The molecule has 0 spiro atoms. The monoisotopic (exact) mass is 293 g/mol. The lowest BCUT2D eigenvalue weighted by atomic mass is 9.87. The maximum absolute atomic E-state index is 11.1. The van der Waals surface area contributed by atoms with Crippen molar-refractivity contribution in [2.24, 2.45) is 4.99 Å². The van der Waals surface area contributed by atoms with Crippen molar-refractivity contribution in [2.75, 3.05) is 6.79 Å². The molecule has 2 aliphatic rings. The highest BCUT2D eigenvalue weighted by Crippen LogP contribution is 2.52. The first-order chi connectivity index (χ1) is 9.72. The van der Waals surface area contributed by atoms with E-state index in [1.807, 2.05) is 0 Å². The van der Waals surface area contributed by atoms with Gasteiger partial charge in [0.25, 0.3) is 0 Å². The molecule has 0 amide bonds. The van der Waals surface area contributed by atoms with Gasteiger partial charge in [0.1, 0.15) is 5.54 Å². The van der Waals surface area contributed by atoms with Crippen LogP contribution >= 0.6 is 11.6 Å². The second-order valence-corrected chi connectivity index (χ2v) is 5.35. The zero-order valence-corrected chi connectivity index (χ0v) is 11.4. The molecule has 0 unspecified atom stereocenters. The molecule has 1 aromatic carbocycles. The normalized spacial score (nSPS) is 18.6. The summed E-state index contributed by atoms with van der Waals surface area (Å²) in [6.07, 6.45) is 5.69. The van der Waals surface area contributed by atoms with Gasteiger partial charge in [-0.05, 0) is 18.9 Å². The van der Waals surface area contributed by atoms with Gasteiger partial charge in [-0.3, -0.25) is 4.79 Å². The molecule has 0 saturated heterocycles. The predicted octanol–water partition coefficient (Wildman–Crippen LogP) is 2.99. The minimum Gasteiger partial charge on any atom is -0.453 e. The molecule has 1 saturated carbocycles. The van der Waals surface area contributed by atoms with Crippen molar-refractivity contribution in [1.82, 2.24) is 0 Å². The first-order valence-electron chi connectivity index (χ1n) is 6.38. The quantitative estimate of drug-likeness (QED) is 0.488. The van der Waals surface area contributed by atoms with Crippen LogP contribution in [0.15, 0.2) is 11.1 Å².